The Balaban J connectivity index is 2.00. The molecule has 1 aromatic rings. The summed E-state index contributed by atoms with van der Waals surface area (Å²) >= 11 is 0. The lowest BCUT2D eigenvalue weighted by Gasteiger charge is -2.39. The summed E-state index contributed by atoms with van der Waals surface area (Å²) in [5, 5.41) is 12.1. The monoisotopic (exact) mass is 259 g/mol. The van der Waals surface area contributed by atoms with Crippen LogP contribution in [-0.4, -0.2) is 38.3 Å². The number of likely N-dealkylation sites (N-methyl/N-ethyl adjacent to an activating group) is 1. The Morgan fingerprint density at radius 2 is 2.21 bits per heavy atom. The first-order chi connectivity index (χ1) is 9.06. The van der Waals surface area contributed by atoms with E-state index in [1.165, 1.54) is 4.90 Å². The van der Waals surface area contributed by atoms with E-state index in [1.54, 1.807) is 31.3 Å². The number of carbonyl (C=O) groups excluding carboxylic acids is 1. The van der Waals surface area contributed by atoms with Crippen LogP contribution in [0.5, 0.6) is 0 Å². The zero-order chi connectivity index (χ0) is 13.9. The number of ether oxygens (including phenoxy) is 1. The van der Waals surface area contributed by atoms with E-state index in [4.69, 9.17) is 10.00 Å². The van der Waals surface area contributed by atoms with Gasteiger partial charge in [0, 0.05) is 20.1 Å². The minimum atomic E-state index is -0.245. The van der Waals surface area contributed by atoms with Gasteiger partial charge >= 0.3 is 0 Å². The summed E-state index contributed by atoms with van der Waals surface area (Å²) in [7, 11) is 1.66. The van der Waals surface area contributed by atoms with Gasteiger partial charge < -0.3 is 15.0 Å². The van der Waals surface area contributed by atoms with Crippen molar-refractivity contribution in [3.05, 3.63) is 29.8 Å². The second-order valence-electron chi connectivity index (χ2n) is 4.92. The molecule has 0 aromatic heterocycles. The number of para-hydroxylation sites is 1. The van der Waals surface area contributed by atoms with Gasteiger partial charge in [-0.05, 0) is 19.1 Å². The molecule has 0 saturated carbocycles. The number of hydrogen-bond donors (Lipinski definition) is 1. The second kappa shape index (κ2) is 5.39. The molecule has 0 spiro atoms. The first-order valence-corrected chi connectivity index (χ1v) is 6.16. The van der Waals surface area contributed by atoms with Gasteiger partial charge in [0.15, 0.2) is 0 Å². The minimum Gasteiger partial charge on any atom is -0.363 e. The molecule has 1 N–H and O–H groups in total. The second-order valence-corrected chi connectivity index (χ2v) is 4.92. The number of benzene rings is 1. The molecule has 100 valence electrons. The number of nitrogens with zero attached hydrogens (tertiary/aromatic N) is 2. The van der Waals surface area contributed by atoms with Gasteiger partial charge in [0.25, 0.3) is 5.91 Å². The molecule has 0 bridgehead atoms. The molecule has 1 fully saturated rings. The quantitative estimate of drug-likeness (QED) is 0.872. The molecular formula is C14H17N3O2. The van der Waals surface area contributed by atoms with Crippen LogP contribution >= 0.6 is 0 Å². The van der Waals surface area contributed by atoms with Crippen molar-refractivity contribution in [3.63, 3.8) is 0 Å². The van der Waals surface area contributed by atoms with Crippen molar-refractivity contribution in [2.24, 2.45) is 0 Å². The van der Waals surface area contributed by atoms with Crippen molar-refractivity contribution in [2.45, 2.75) is 12.5 Å². The van der Waals surface area contributed by atoms with E-state index >= 15 is 0 Å². The molecule has 0 atom stereocenters. The molecule has 5 heteroatoms. The molecule has 1 aliphatic rings. The van der Waals surface area contributed by atoms with E-state index in [0.29, 0.717) is 11.3 Å². The van der Waals surface area contributed by atoms with Crippen molar-refractivity contribution in [2.75, 3.05) is 31.6 Å². The fourth-order valence-corrected chi connectivity index (χ4v) is 1.91. The molecule has 1 aliphatic heterocycles. The number of anilines is 1. The highest BCUT2D eigenvalue weighted by Crippen LogP contribution is 2.19. The Morgan fingerprint density at radius 3 is 2.79 bits per heavy atom. The third-order valence-electron chi connectivity index (χ3n) is 3.30. The van der Waals surface area contributed by atoms with Gasteiger partial charge in [-0.3, -0.25) is 4.79 Å². The number of amides is 1. The lowest BCUT2D eigenvalue weighted by atomic mass is 10.0. The summed E-state index contributed by atoms with van der Waals surface area (Å²) in [6, 6.07) is 9.11. The molecule has 0 unspecified atom stereocenters. The van der Waals surface area contributed by atoms with Crippen molar-refractivity contribution < 1.29 is 9.53 Å². The van der Waals surface area contributed by atoms with E-state index < -0.39 is 0 Å². The van der Waals surface area contributed by atoms with Crippen molar-refractivity contribution in [1.82, 2.24) is 5.32 Å². The molecule has 2 rings (SSSR count). The van der Waals surface area contributed by atoms with Crippen molar-refractivity contribution in [1.29, 1.82) is 5.26 Å². The third-order valence-corrected chi connectivity index (χ3v) is 3.30. The van der Waals surface area contributed by atoms with E-state index in [2.05, 4.69) is 11.4 Å². The fourth-order valence-electron chi connectivity index (χ4n) is 1.91. The average Bonchev–Trinajstić information content (AvgIpc) is 2.41. The third kappa shape index (κ3) is 2.92. The molecule has 1 aromatic carbocycles. The molecule has 5 nitrogen and oxygen atoms in total. The fraction of sp³-hybridized carbons (Fsp3) is 0.429. The van der Waals surface area contributed by atoms with Gasteiger partial charge in [-0.2, -0.15) is 5.26 Å². The van der Waals surface area contributed by atoms with E-state index in [0.717, 1.165) is 13.1 Å². The summed E-state index contributed by atoms with van der Waals surface area (Å²) in [5.41, 5.74) is 0.844. The van der Waals surface area contributed by atoms with Crippen LogP contribution in [0.1, 0.15) is 12.5 Å². The predicted octanol–water partition coefficient (Wildman–Crippen LogP) is 0.900. The summed E-state index contributed by atoms with van der Waals surface area (Å²) in [5.74, 6) is -0.157. The van der Waals surface area contributed by atoms with E-state index in [1.807, 2.05) is 6.92 Å². The Morgan fingerprint density at radius 1 is 1.53 bits per heavy atom. The lowest BCUT2D eigenvalue weighted by Crippen LogP contribution is -2.59. The van der Waals surface area contributed by atoms with Crippen molar-refractivity contribution in [3.8, 4) is 6.07 Å². The normalized spacial score (nSPS) is 16.3. The van der Waals surface area contributed by atoms with E-state index in [-0.39, 0.29) is 18.1 Å². The van der Waals surface area contributed by atoms with Crippen LogP contribution in [0.25, 0.3) is 0 Å². The zero-order valence-corrected chi connectivity index (χ0v) is 11.1. The number of nitrogens with one attached hydrogen (secondary N) is 1. The Bertz CT molecular complexity index is 518. The van der Waals surface area contributed by atoms with Crippen LogP contribution < -0.4 is 10.2 Å². The molecule has 1 heterocycles. The number of rotatable bonds is 4. The van der Waals surface area contributed by atoms with E-state index in [9.17, 15) is 4.79 Å². The maximum Gasteiger partial charge on any atom is 0.252 e. The van der Waals surface area contributed by atoms with Crippen LogP contribution in [0.3, 0.4) is 0 Å². The number of carbonyl (C=O) groups is 1. The molecular weight excluding hydrogens is 242 g/mol. The van der Waals surface area contributed by atoms with Crippen LogP contribution in [-0.2, 0) is 9.53 Å². The smallest absolute Gasteiger partial charge is 0.252 e. The molecule has 19 heavy (non-hydrogen) atoms. The highest BCUT2D eigenvalue weighted by Gasteiger charge is 2.33. The van der Waals surface area contributed by atoms with Gasteiger partial charge in [0.2, 0.25) is 0 Å². The van der Waals surface area contributed by atoms with Crippen molar-refractivity contribution >= 4 is 11.6 Å². The van der Waals surface area contributed by atoms with Crippen LogP contribution in [0.2, 0.25) is 0 Å². The SMILES string of the molecule is CN(C(=O)COC1(C)CNC1)c1ccccc1C#N. The van der Waals surface area contributed by atoms with Gasteiger partial charge in [-0.15, -0.1) is 0 Å². The Hall–Kier alpha value is -1.90. The highest BCUT2D eigenvalue weighted by atomic mass is 16.5. The largest absolute Gasteiger partial charge is 0.363 e. The van der Waals surface area contributed by atoms with Crippen LogP contribution in [0.15, 0.2) is 24.3 Å². The lowest BCUT2D eigenvalue weighted by molar-refractivity contribution is -0.133. The molecule has 1 amide bonds. The Kier molecular flexibility index (Phi) is 3.84. The molecule has 1 saturated heterocycles. The topological polar surface area (TPSA) is 65.4 Å². The number of hydrogen-bond acceptors (Lipinski definition) is 4. The summed E-state index contributed by atoms with van der Waals surface area (Å²) in [4.78, 5) is 13.5. The van der Waals surface area contributed by atoms with Crippen LogP contribution in [0, 0.1) is 11.3 Å². The standard InChI is InChI=1S/C14H17N3O2/c1-14(9-16-10-14)19-8-13(18)17(2)12-6-4-3-5-11(12)7-15/h3-6,16H,8-10H2,1-2H3. The summed E-state index contributed by atoms with van der Waals surface area (Å²) < 4.78 is 5.61. The molecule has 0 radical (unpaired) electrons. The first kappa shape index (κ1) is 13.5. The predicted molar refractivity (Wildman–Crippen MR) is 71.8 cm³/mol. The van der Waals surface area contributed by atoms with Gasteiger partial charge in [0.05, 0.1) is 16.9 Å². The van der Waals surface area contributed by atoms with Crippen LogP contribution in [0.4, 0.5) is 5.69 Å². The average molecular weight is 259 g/mol. The number of nitriles is 1. The van der Waals surface area contributed by atoms with Gasteiger partial charge in [-0.25, -0.2) is 0 Å². The van der Waals surface area contributed by atoms with Gasteiger partial charge in [-0.1, -0.05) is 12.1 Å². The maximum absolute atomic E-state index is 12.1. The minimum absolute atomic E-state index is 0.0223. The zero-order valence-electron chi connectivity index (χ0n) is 11.1. The first-order valence-electron chi connectivity index (χ1n) is 6.16. The summed E-state index contributed by atoms with van der Waals surface area (Å²) in [6.45, 7) is 3.52. The van der Waals surface area contributed by atoms with Gasteiger partial charge in [0.1, 0.15) is 12.7 Å². The Labute approximate surface area is 112 Å². The summed E-state index contributed by atoms with van der Waals surface area (Å²) in [6.07, 6.45) is 0. The highest BCUT2D eigenvalue weighted by molar-refractivity contribution is 5.95. The molecule has 0 aliphatic carbocycles. The maximum atomic E-state index is 12.1.